The van der Waals surface area contributed by atoms with Crippen molar-refractivity contribution in [3.05, 3.63) is 30.3 Å². The Morgan fingerprint density at radius 2 is 1.79 bits per heavy atom. The van der Waals surface area contributed by atoms with E-state index < -0.39 is 0 Å². The van der Waals surface area contributed by atoms with Gasteiger partial charge in [0.05, 0.1) is 0 Å². The molecule has 0 aliphatic carbocycles. The molecule has 24 heavy (non-hydrogen) atoms. The fraction of sp³-hybridized carbons (Fsp3) is 0.650. The molecular weight excluding hydrogens is 298 g/mol. The Bertz CT molecular complexity index is 511. The largest absolute Gasteiger partial charge is 0.322 e. The van der Waals surface area contributed by atoms with E-state index >= 15 is 0 Å². The summed E-state index contributed by atoms with van der Waals surface area (Å²) in [5.74, 6) is 0.855. The van der Waals surface area contributed by atoms with Crippen LogP contribution in [0.15, 0.2) is 30.3 Å². The Morgan fingerprint density at radius 1 is 1.04 bits per heavy atom. The van der Waals surface area contributed by atoms with Crippen molar-refractivity contribution in [3.63, 3.8) is 0 Å². The van der Waals surface area contributed by atoms with Gasteiger partial charge in [-0.25, -0.2) is 4.79 Å². The van der Waals surface area contributed by atoms with Crippen LogP contribution in [0.2, 0.25) is 0 Å². The van der Waals surface area contributed by atoms with Gasteiger partial charge < -0.3 is 15.1 Å². The van der Waals surface area contributed by atoms with Gasteiger partial charge in [-0.2, -0.15) is 0 Å². The molecule has 1 unspecified atom stereocenters. The number of anilines is 1. The Labute approximate surface area is 146 Å². The predicted octanol–water partition coefficient (Wildman–Crippen LogP) is 4.20. The first-order chi connectivity index (χ1) is 11.7. The number of benzene rings is 1. The highest BCUT2D eigenvalue weighted by Crippen LogP contribution is 2.22. The Morgan fingerprint density at radius 3 is 2.54 bits per heavy atom. The van der Waals surface area contributed by atoms with Crippen LogP contribution in [0.1, 0.15) is 45.4 Å². The van der Waals surface area contributed by atoms with Crippen LogP contribution in [0.25, 0.3) is 0 Å². The van der Waals surface area contributed by atoms with E-state index in [9.17, 15) is 4.79 Å². The molecule has 4 heteroatoms. The molecule has 2 aliphatic heterocycles. The first-order valence-corrected chi connectivity index (χ1v) is 9.57. The normalized spacial score (nSPS) is 23.7. The van der Waals surface area contributed by atoms with E-state index in [0.29, 0.717) is 6.04 Å². The fourth-order valence-corrected chi connectivity index (χ4v) is 3.89. The Balaban J connectivity index is 1.62. The molecule has 2 aliphatic rings. The molecule has 0 bridgehead atoms. The molecule has 2 saturated heterocycles. The zero-order valence-electron chi connectivity index (χ0n) is 14.9. The van der Waals surface area contributed by atoms with Gasteiger partial charge in [0, 0.05) is 24.8 Å². The standard InChI is InChI=1S/C20H31N3O/c1-17-11-14-22(15-12-17)16-19-10-6-3-7-13-23(19)20(24)21-18-8-4-2-5-9-18/h2,4-5,8-9,17,19H,3,6-7,10-16H2,1H3,(H,21,24). The van der Waals surface area contributed by atoms with Crippen molar-refractivity contribution < 1.29 is 4.79 Å². The smallest absolute Gasteiger partial charge is 0.320 e. The molecular formula is C20H31N3O. The summed E-state index contributed by atoms with van der Waals surface area (Å²) in [6.45, 7) is 6.64. The van der Waals surface area contributed by atoms with Gasteiger partial charge in [0.15, 0.2) is 0 Å². The minimum Gasteiger partial charge on any atom is -0.320 e. The first kappa shape index (κ1) is 17.3. The summed E-state index contributed by atoms with van der Waals surface area (Å²) in [6, 6.07) is 10.2. The lowest BCUT2D eigenvalue weighted by molar-refractivity contribution is 0.129. The van der Waals surface area contributed by atoms with Crippen LogP contribution in [0, 0.1) is 5.92 Å². The van der Waals surface area contributed by atoms with Gasteiger partial charge in [0.1, 0.15) is 0 Å². The van der Waals surface area contributed by atoms with Crippen molar-refractivity contribution in [2.45, 2.75) is 51.5 Å². The number of carbonyl (C=O) groups is 1. The molecule has 2 fully saturated rings. The maximum atomic E-state index is 12.8. The van der Waals surface area contributed by atoms with Crippen molar-refractivity contribution in [1.29, 1.82) is 0 Å². The van der Waals surface area contributed by atoms with E-state index in [-0.39, 0.29) is 6.03 Å². The molecule has 1 aromatic rings. The zero-order chi connectivity index (χ0) is 16.8. The number of hydrogen-bond donors (Lipinski definition) is 1. The highest BCUT2D eigenvalue weighted by molar-refractivity contribution is 5.89. The van der Waals surface area contributed by atoms with E-state index in [0.717, 1.165) is 37.5 Å². The summed E-state index contributed by atoms with van der Waals surface area (Å²) in [5.41, 5.74) is 0.886. The highest BCUT2D eigenvalue weighted by Gasteiger charge is 2.28. The number of hydrogen-bond acceptors (Lipinski definition) is 2. The summed E-state index contributed by atoms with van der Waals surface area (Å²) < 4.78 is 0. The second-order valence-electron chi connectivity index (χ2n) is 7.48. The number of nitrogens with zero attached hydrogens (tertiary/aromatic N) is 2. The van der Waals surface area contributed by atoms with Crippen molar-refractivity contribution in [2.75, 3.05) is 31.5 Å². The van der Waals surface area contributed by atoms with Crippen LogP contribution in [0.4, 0.5) is 10.5 Å². The van der Waals surface area contributed by atoms with Crippen LogP contribution in [0.5, 0.6) is 0 Å². The molecule has 2 amide bonds. The van der Waals surface area contributed by atoms with Crippen molar-refractivity contribution >= 4 is 11.7 Å². The van der Waals surface area contributed by atoms with E-state index in [1.807, 2.05) is 30.3 Å². The van der Waals surface area contributed by atoms with Gasteiger partial charge in [-0.1, -0.05) is 38.0 Å². The molecule has 1 atom stereocenters. The summed E-state index contributed by atoms with van der Waals surface area (Å²) in [6.07, 6.45) is 7.32. The minimum absolute atomic E-state index is 0.0680. The van der Waals surface area contributed by atoms with Crippen molar-refractivity contribution in [1.82, 2.24) is 9.80 Å². The van der Waals surface area contributed by atoms with Gasteiger partial charge >= 0.3 is 6.03 Å². The summed E-state index contributed by atoms with van der Waals surface area (Å²) >= 11 is 0. The monoisotopic (exact) mass is 329 g/mol. The number of para-hydroxylation sites is 1. The molecule has 0 aromatic heterocycles. The number of rotatable bonds is 3. The molecule has 3 rings (SSSR count). The van der Waals surface area contributed by atoms with E-state index in [1.165, 1.54) is 38.8 Å². The SMILES string of the molecule is CC1CCN(CC2CCCCCN2C(=O)Nc2ccccc2)CC1. The molecule has 0 spiro atoms. The predicted molar refractivity (Wildman–Crippen MR) is 99.3 cm³/mol. The topological polar surface area (TPSA) is 35.6 Å². The Hall–Kier alpha value is -1.55. The number of piperidine rings is 1. The van der Waals surface area contributed by atoms with Crippen molar-refractivity contribution in [3.8, 4) is 0 Å². The number of carbonyl (C=O) groups excluding carboxylic acids is 1. The first-order valence-electron chi connectivity index (χ1n) is 9.57. The minimum atomic E-state index is 0.0680. The highest BCUT2D eigenvalue weighted by atomic mass is 16.2. The lowest BCUT2D eigenvalue weighted by Gasteiger charge is -2.37. The summed E-state index contributed by atoms with van der Waals surface area (Å²) in [5, 5.41) is 3.08. The van der Waals surface area contributed by atoms with E-state index in [2.05, 4.69) is 22.0 Å². The van der Waals surface area contributed by atoms with Gasteiger partial charge in [0.25, 0.3) is 0 Å². The van der Waals surface area contributed by atoms with Crippen LogP contribution in [-0.4, -0.2) is 48.1 Å². The van der Waals surface area contributed by atoms with Crippen LogP contribution < -0.4 is 5.32 Å². The van der Waals surface area contributed by atoms with E-state index in [4.69, 9.17) is 0 Å². The fourth-order valence-electron chi connectivity index (χ4n) is 3.89. The second kappa shape index (κ2) is 8.52. The number of likely N-dealkylation sites (tertiary alicyclic amines) is 2. The van der Waals surface area contributed by atoms with Crippen molar-refractivity contribution in [2.24, 2.45) is 5.92 Å². The van der Waals surface area contributed by atoms with Gasteiger partial charge in [-0.15, -0.1) is 0 Å². The van der Waals surface area contributed by atoms with Crippen LogP contribution >= 0.6 is 0 Å². The maximum Gasteiger partial charge on any atom is 0.322 e. The molecule has 2 heterocycles. The third-order valence-electron chi connectivity index (χ3n) is 5.51. The van der Waals surface area contributed by atoms with E-state index in [1.54, 1.807) is 0 Å². The summed E-state index contributed by atoms with van der Waals surface area (Å²) in [7, 11) is 0. The van der Waals surface area contributed by atoms with Gasteiger partial charge in [-0.05, 0) is 56.8 Å². The average Bonchev–Trinajstić information content (AvgIpc) is 2.83. The lowest BCUT2D eigenvalue weighted by atomic mass is 9.98. The van der Waals surface area contributed by atoms with Crippen LogP contribution in [-0.2, 0) is 0 Å². The molecule has 0 saturated carbocycles. The maximum absolute atomic E-state index is 12.8. The molecule has 1 aromatic carbocycles. The number of nitrogens with one attached hydrogen (secondary N) is 1. The third-order valence-corrected chi connectivity index (χ3v) is 5.51. The molecule has 132 valence electrons. The third kappa shape index (κ3) is 4.73. The zero-order valence-corrected chi connectivity index (χ0v) is 14.9. The second-order valence-corrected chi connectivity index (χ2v) is 7.48. The average molecular weight is 329 g/mol. The number of amides is 2. The molecule has 4 nitrogen and oxygen atoms in total. The Kier molecular flexibility index (Phi) is 6.13. The quantitative estimate of drug-likeness (QED) is 0.902. The lowest BCUT2D eigenvalue weighted by Crippen LogP contribution is -2.49. The molecule has 1 N–H and O–H groups in total. The van der Waals surface area contributed by atoms with Gasteiger partial charge in [-0.3, -0.25) is 0 Å². The molecule has 0 radical (unpaired) electrons. The van der Waals surface area contributed by atoms with Crippen LogP contribution in [0.3, 0.4) is 0 Å². The van der Waals surface area contributed by atoms with Gasteiger partial charge in [0.2, 0.25) is 0 Å². The number of urea groups is 1. The summed E-state index contributed by atoms with van der Waals surface area (Å²) in [4.78, 5) is 17.5.